The number of nitrogens with one attached hydrogen (secondary N) is 1. The molecule has 1 nitrogen and oxygen atoms in total. The molecule has 0 bridgehead atoms. The van der Waals surface area contributed by atoms with Gasteiger partial charge < -0.3 is 5.32 Å². The Bertz CT molecular complexity index is 187. The lowest BCUT2D eigenvalue weighted by Crippen LogP contribution is -2.19. The van der Waals surface area contributed by atoms with Crippen molar-refractivity contribution in [1.82, 2.24) is 5.32 Å². The van der Waals surface area contributed by atoms with Crippen LogP contribution in [0.3, 0.4) is 0 Å². The van der Waals surface area contributed by atoms with E-state index in [9.17, 15) is 0 Å². The van der Waals surface area contributed by atoms with Gasteiger partial charge in [0.05, 0.1) is 0 Å². The van der Waals surface area contributed by atoms with Crippen molar-refractivity contribution in [2.45, 2.75) is 19.3 Å². The molecule has 0 radical (unpaired) electrons. The zero-order chi connectivity index (χ0) is 7.52. The van der Waals surface area contributed by atoms with E-state index < -0.39 is 0 Å². The van der Waals surface area contributed by atoms with Gasteiger partial charge in [-0.3, -0.25) is 0 Å². The molecule has 0 aromatic carbocycles. The molecule has 1 fully saturated rings. The minimum absolute atomic E-state index is 0.922. The van der Waals surface area contributed by atoms with Crippen molar-refractivity contribution < 1.29 is 0 Å². The molecule has 1 saturated carbocycles. The molecule has 1 heteroatoms. The lowest BCUT2D eigenvalue weighted by atomic mass is 10.1. The fraction of sp³-hybridized carbons (Fsp3) is 0.600. The summed E-state index contributed by atoms with van der Waals surface area (Å²) in [5.74, 6) is 0.922. The molecule has 11 heavy (non-hydrogen) atoms. The highest BCUT2D eigenvalue weighted by molar-refractivity contribution is 5.22. The molecule has 0 spiro atoms. The maximum atomic E-state index is 3.31. The third-order valence-electron chi connectivity index (χ3n) is 2.30. The summed E-state index contributed by atoms with van der Waals surface area (Å²) >= 11 is 0. The van der Waals surface area contributed by atoms with Gasteiger partial charge in [-0.1, -0.05) is 18.2 Å². The van der Waals surface area contributed by atoms with Gasteiger partial charge in [0, 0.05) is 6.54 Å². The van der Waals surface area contributed by atoms with Gasteiger partial charge in [-0.25, -0.2) is 0 Å². The Morgan fingerprint density at radius 3 is 3.00 bits per heavy atom. The monoisotopic (exact) mass is 149 g/mol. The van der Waals surface area contributed by atoms with Crippen molar-refractivity contribution in [3.05, 3.63) is 23.8 Å². The summed E-state index contributed by atoms with van der Waals surface area (Å²) in [6.07, 6.45) is 11.0. The van der Waals surface area contributed by atoms with Crippen molar-refractivity contribution in [3.63, 3.8) is 0 Å². The largest absolute Gasteiger partial charge is 0.313 e. The number of allylic oxidation sites excluding steroid dienone is 2. The highest BCUT2D eigenvalue weighted by Crippen LogP contribution is 2.30. The van der Waals surface area contributed by atoms with Crippen LogP contribution in [0.4, 0.5) is 0 Å². The summed E-state index contributed by atoms with van der Waals surface area (Å²) in [5.41, 5.74) is 1.52. The van der Waals surface area contributed by atoms with Crippen LogP contribution in [0.15, 0.2) is 23.8 Å². The van der Waals surface area contributed by atoms with Crippen LogP contribution in [-0.2, 0) is 0 Å². The second-order valence-electron chi connectivity index (χ2n) is 3.43. The molecular weight excluding hydrogens is 134 g/mol. The molecule has 60 valence electrons. The van der Waals surface area contributed by atoms with Gasteiger partial charge >= 0.3 is 0 Å². The molecule has 0 saturated heterocycles. The highest BCUT2D eigenvalue weighted by Gasteiger charge is 2.17. The second kappa shape index (κ2) is 3.22. The molecule has 0 amide bonds. The van der Waals surface area contributed by atoms with E-state index in [1.165, 1.54) is 24.8 Å². The van der Waals surface area contributed by atoms with E-state index in [-0.39, 0.29) is 0 Å². The average Bonchev–Trinajstić information content (AvgIpc) is 2.86. The Labute approximate surface area is 68.2 Å². The van der Waals surface area contributed by atoms with Gasteiger partial charge in [0.15, 0.2) is 0 Å². The molecule has 1 N–H and O–H groups in total. The van der Waals surface area contributed by atoms with E-state index in [0.717, 1.165) is 19.0 Å². The lowest BCUT2D eigenvalue weighted by molar-refractivity contribution is 0.712. The summed E-state index contributed by atoms with van der Waals surface area (Å²) in [4.78, 5) is 0. The molecule has 1 aliphatic heterocycles. The quantitative estimate of drug-likeness (QED) is 0.632. The van der Waals surface area contributed by atoms with Crippen LogP contribution in [0.2, 0.25) is 0 Å². The van der Waals surface area contributed by atoms with Crippen molar-refractivity contribution >= 4 is 0 Å². The van der Waals surface area contributed by atoms with Crippen molar-refractivity contribution in [3.8, 4) is 0 Å². The summed E-state index contributed by atoms with van der Waals surface area (Å²) < 4.78 is 0. The van der Waals surface area contributed by atoms with Crippen molar-refractivity contribution in [1.29, 1.82) is 0 Å². The molecule has 0 unspecified atom stereocenters. The third-order valence-corrected chi connectivity index (χ3v) is 2.30. The Balaban J connectivity index is 1.87. The Morgan fingerprint density at radius 2 is 2.36 bits per heavy atom. The summed E-state index contributed by atoms with van der Waals surface area (Å²) in [6, 6.07) is 0. The normalized spacial score (nSPS) is 25.6. The van der Waals surface area contributed by atoms with Gasteiger partial charge in [0.25, 0.3) is 0 Å². The first-order valence-electron chi connectivity index (χ1n) is 4.53. The topological polar surface area (TPSA) is 12.0 Å². The first-order valence-corrected chi connectivity index (χ1v) is 4.53. The van der Waals surface area contributed by atoms with Crippen LogP contribution >= 0.6 is 0 Å². The molecular formula is C10H15N. The molecule has 2 rings (SSSR count). The zero-order valence-corrected chi connectivity index (χ0v) is 6.84. The lowest BCUT2D eigenvalue weighted by Gasteiger charge is -2.09. The first kappa shape index (κ1) is 7.11. The van der Waals surface area contributed by atoms with E-state index in [1.54, 1.807) is 0 Å². The van der Waals surface area contributed by atoms with E-state index in [2.05, 4.69) is 23.5 Å². The van der Waals surface area contributed by atoms with Crippen molar-refractivity contribution in [2.75, 3.05) is 13.1 Å². The molecule has 0 atom stereocenters. The SMILES string of the molecule is C1=C(/C=C/C2CC2)CCNC1. The number of hydrogen-bond donors (Lipinski definition) is 1. The molecule has 1 aliphatic carbocycles. The van der Waals surface area contributed by atoms with Crippen LogP contribution in [0.25, 0.3) is 0 Å². The first-order chi connectivity index (χ1) is 5.45. The van der Waals surface area contributed by atoms with E-state index in [0.29, 0.717) is 0 Å². The fourth-order valence-electron chi connectivity index (χ4n) is 1.34. The average molecular weight is 149 g/mol. The summed E-state index contributed by atoms with van der Waals surface area (Å²) in [6.45, 7) is 2.21. The van der Waals surface area contributed by atoms with Crippen LogP contribution in [0.1, 0.15) is 19.3 Å². The highest BCUT2D eigenvalue weighted by atomic mass is 14.8. The summed E-state index contributed by atoms with van der Waals surface area (Å²) in [5, 5.41) is 3.31. The molecule has 0 aromatic rings. The minimum atomic E-state index is 0.922. The van der Waals surface area contributed by atoms with Crippen LogP contribution in [-0.4, -0.2) is 13.1 Å². The molecule has 0 aromatic heterocycles. The van der Waals surface area contributed by atoms with Gasteiger partial charge in [-0.05, 0) is 37.3 Å². The van der Waals surface area contributed by atoms with E-state index in [4.69, 9.17) is 0 Å². The predicted octanol–water partition coefficient (Wildman–Crippen LogP) is 1.87. The van der Waals surface area contributed by atoms with E-state index in [1.807, 2.05) is 0 Å². The third kappa shape index (κ3) is 2.19. The predicted molar refractivity (Wildman–Crippen MR) is 47.4 cm³/mol. The van der Waals surface area contributed by atoms with Crippen LogP contribution in [0, 0.1) is 5.92 Å². The Kier molecular flexibility index (Phi) is 2.08. The van der Waals surface area contributed by atoms with Gasteiger partial charge in [0.1, 0.15) is 0 Å². The van der Waals surface area contributed by atoms with E-state index >= 15 is 0 Å². The zero-order valence-electron chi connectivity index (χ0n) is 6.84. The Morgan fingerprint density at radius 1 is 1.45 bits per heavy atom. The molecule has 1 heterocycles. The smallest absolute Gasteiger partial charge is 0.0140 e. The van der Waals surface area contributed by atoms with Crippen molar-refractivity contribution in [2.24, 2.45) is 5.92 Å². The van der Waals surface area contributed by atoms with Gasteiger partial charge in [0.2, 0.25) is 0 Å². The Hall–Kier alpha value is -0.560. The fourth-order valence-corrected chi connectivity index (χ4v) is 1.34. The number of hydrogen-bond acceptors (Lipinski definition) is 1. The maximum absolute atomic E-state index is 3.31. The number of rotatable bonds is 2. The summed E-state index contributed by atoms with van der Waals surface area (Å²) in [7, 11) is 0. The molecule has 2 aliphatic rings. The second-order valence-corrected chi connectivity index (χ2v) is 3.43. The standard InChI is InChI=1S/C10H15N/c1-2-9(1)3-4-10-5-7-11-8-6-10/h3-5,9,11H,1-2,6-8H2/b4-3+. The van der Waals surface area contributed by atoms with Gasteiger partial charge in [-0.2, -0.15) is 0 Å². The van der Waals surface area contributed by atoms with Gasteiger partial charge in [-0.15, -0.1) is 0 Å². The van der Waals surface area contributed by atoms with Crippen LogP contribution < -0.4 is 5.32 Å². The van der Waals surface area contributed by atoms with Crippen LogP contribution in [0.5, 0.6) is 0 Å². The maximum Gasteiger partial charge on any atom is 0.0140 e. The minimum Gasteiger partial charge on any atom is -0.313 e.